The van der Waals surface area contributed by atoms with Crippen molar-refractivity contribution in [3.8, 4) is 0 Å². The van der Waals surface area contributed by atoms with Crippen LogP contribution >= 0.6 is 15.9 Å². The third-order valence-corrected chi connectivity index (χ3v) is 4.80. The summed E-state index contributed by atoms with van der Waals surface area (Å²) in [6.45, 7) is 2.01. The Kier molecular flexibility index (Phi) is 4.35. The summed E-state index contributed by atoms with van der Waals surface area (Å²) in [6.07, 6.45) is 0.843. The maximum absolute atomic E-state index is 12.3. The molecule has 4 nitrogen and oxygen atoms in total. The molecule has 3 N–H and O–H groups in total. The minimum Gasteiger partial charge on any atom is -0.398 e. The maximum atomic E-state index is 12.3. The predicted molar refractivity (Wildman–Crippen MR) is 85.2 cm³/mol. The second-order valence-electron chi connectivity index (χ2n) is 4.34. The molecule has 0 amide bonds. The van der Waals surface area contributed by atoms with Gasteiger partial charge in [-0.05, 0) is 42.3 Å². The first kappa shape index (κ1) is 14.9. The normalized spacial score (nSPS) is 11.3. The van der Waals surface area contributed by atoms with E-state index in [0.717, 1.165) is 16.5 Å². The smallest absolute Gasteiger partial charge is 0.263 e. The van der Waals surface area contributed by atoms with Gasteiger partial charge in [0, 0.05) is 10.2 Å². The highest BCUT2D eigenvalue weighted by atomic mass is 79.9. The molecular formula is C14H15BrN2O2S. The maximum Gasteiger partial charge on any atom is 0.263 e. The summed E-state index contributed by atoms with van der Waals surface area (Å²) in [4.78, 5) is 0.0719. The van der Waals surface area contributed by atoms with Gasteiger partial charge in [-0.25, -0.2) is 8.42 Å². The molecule has 0 bridgehead atoms. The number of nitrogens with two attached hydrogens (primary N) is 1. The average Bonchev–Trinajstić information content (AvgIpc) is 2.37. The average molecular weight is 355 g/mol. The number of hydrogen-bond acceptors (Lipinski definition) is 3. The summed E-state index contributed by atoms with van der Waals surface area (Å²) >= 11 is 3.25. The Morgan fingerprint density at radius 1 is 1.20 bits per heavy atom. The molecule has 0 radical (unpaired) electrons. The lowest BCUT2D eigenvalue weighted by atomic mass is 10.1. The van der Waals surface area contributed by atoms with Gasteiger partial charge in [0.15, 0.2) is 0 Å². The largest absolute Gasteiger partial charge is 0.398 e. The lowest BCUT2D eigenvalue weighted by Crippen LogP contribution is -2.14. The Labute approximate surface area is 127 Å². The number of rotatable bonds is 4. The summed E-state index contributed by atoms with van der Waals surface area (Å²) in [7, 11) is -3.68. The molecule has 0 atom stereocenters. The number of nitrogen functional groups attached to an aromatic ring is 1. The van der Waals surface area contributed by atoms with Crippen LogP contribution in [0.25, 0.3) is 0 Å². The predicted octanol–water partition coefficient (Wildman–Crippen LogP) is 3.39. The fourth-order valence-electron chi connectivity index (χ4n) is 1.83. The first-order valence-corrected chi connectivity index (χ1v) is 8.37. The van der Waals surface area contributed by atoms with Crippen molar-refractivity contribution in [2.45, 2.75) is 18.2 Å². The summed E-state index contributed by atoms with van der Waals surface area (Å²) < 4.78 is 27.9. The molecule has 2 aromatic carbocycles. The van der Waals surface area contributed by atoms with Crippen LogP contribution < -0.4 is 10.5 Å². The highest BCUT2D eigenvalue weighted by Gasteiger charge is 2.17. The van der Waals surface area contributed by atoms with Crippen LogP contribution in [0, 0.1) is 0 Å². The molecule has 0 saturated carbocycles. The van der Waals surface area contributed by atoms with Gasteiger partial charge >= 0.3 is 0 Å². The molecule has 0 heterocycles. The van der Waals surface area contributed by atoms with E-state index < -0.39 is 10.0 Å². The van der Waals surface area contributed by atoms with Gasteiger partial charge in [0.25, 0.3) is 10.0 Å². The minimum absolute atomic E-state index is 0.0719. The van der Waals surface area contributed by atoms with Crippen molar-refractivity contribution in [2.24, 2.45) is 0 Å². The molecule has 0 saturated heterocycles. The van der Waals surface area contributed by atoms with Gasteiger partial charge in [-0.3, -0.25) is 4.72 Å². The lowest BCUT2D eigenvalue weighted by Gasteiger charge is -2.11. The third kappa shape index (κ3) is 3.32. The van der Waals surface area contributed by atoms with E-state index in [-0.39, 0.29) is 10.6 Å². The van der Waals surface area contributed by atoms with Crippen LogP contribution in [0.2, 0.25) is 0 Å². The Balaban J connectivity index is 2.35. The molecule has 20 heavy (non-hydrogen) atoms. The topological polar surface area (TPSA) is 72.2 Å². The number of nitrogens with one attached hydrogen (secondary N) is 1. The molecule has 6 heteroatoms. The molecule has 2 aromatic rings. The summed E-state index contributed by atoms with van der Waals surface area (Å²) in [6, 6.07) is 12.0. The number of anilines is 2. The molecule has 0 unspecified atom stereocenters. The van der Waals surface area contributed by atoms with Gasteiger partial charge in [-0.15, -0.1) is 0 Å². The second kappa shape index (κ2) is 5.85. The van der Waals surface area contributed by atoms with Crippen LogP contribution in [-0.4, -0.2) is 8.42 Å². The third-order valence-electron chi connectivity index (χ3n) is 2.85. The molecule has 0 aromatic heterocycles. The van der Waals surface area contributed by atoms with Crippen LogP contribution in [0.1, 0.15) is 12.5 Å². The van der Waals surface area contributed by atoms with Crippen LogP contribution in [0.4, 0.5) is 11.4 Å². The first-order chi connectivity index (χ1) is 9.42. The van der Waals surface area contributed by atoms with Crippen LogP contribution in [0.15, 0.2) is 51.8 Å². The molecule has 0 aliphatic heterocycles. The lowest BCUT2D eigenvalue weighted by molar-refractivity contribution is 0.601. The van der Waals surface area contributed by atoms with Crippen LogP contribution in [-0.2, 0) is 16.4 Å². The molecule has 0 fully saturated rings. The van der Waals surface area contributed by atoms with Crippen molar-refractivity contribution in [1.29, 1.82) is 0 Å². The monoisotopic (exact) mass is 354 g/mol. The number of aryl methyl sites for hydroxylation is 1. The summed E-state index contributed by atoms with van der Waals surface area (Å²) in [5.74, 6) is 0. The minimum atomic E-state index is -3.68. The molecule has 106 valence electrons. The van der Waals surface area contributed by atoms with Crippen molar-refractivity contribution < 1.29 is 8.42 Å². The highest BCUT2D eigenvalue weighted by Crippen LogP contribution is 2.25. The first-order valence-electron chi connectivity index (χ1n) is 6.09. The van der Waals surface area contributed by atoms with E-state index in [1.54, 1.807) is 18.2 Å². The quantitative estimate of drug-likeness (QED) is 0.826. The van der Waals surface area contributed by atoms with E-state index >= 15 is 0 Å². The van der Waals surface area contributed by atoms with Crippen molar-refractivity contribution in [1.82, 2.24) is 0 Å². The van der Waals surface area contributed by atoms with Gasteiger partial charge in [0.05, 0.1) is 5.69 Å². The number of sulfonamides is 1. The molecule has 0 aliphatic rings. The van der Waals surface area contributed by atoms with Crippen molar-refractivity contribution in [2.75, 3.05) is 10.5 Å². The number of hydrogen-bond donors (Lipinski definition) is 2. The SMILES string of the molecule is CCc1cccc(NS(=O)(=O)c2ccc(Br)cc2N)c1. The second-order valence-corrected chi connectivity index (χ2v) is 6.91. The van der Waals surface area contributed by atoms with Gasteiger partial charge in [0.2, 0.25) is 0 Å². The Morgan fingerprint density at radius 3 is 2.60 bits per heavy atom. The fourth-order valence-corrected chi connectivity index (χ4v) is 3.37. The number of benzene rings is 2. The fraction of sp³-hybridized carbons (Fsp3) is 0.143. The van der Waals surface area contributed by atoms with Crippen molar-refractivity contribution in [3.05, 3.63) is 52.5 Å². The van der Waals surface area contributed by atoms with E-state index in [2.05, 4.69) is 20.7 Å². The van der Waals surface area contributed by atoms with E-state index in [1.165, 1.54) is 6.07 Å². The van der Waals surface area contributed by atoms with E-state index in [9.17, 15) is 8.42 Å². The van der Waals surface area contributed by atoms with Crippen LogP contribution in [0.3, 0.4) is 0 Å². The van der Waals surface area contributed by atoms with Gasteiger partial charge < -0.3 is 5.73 Å². The highest BCUT2D eigenvalue weighted by molar-refractivity contribution is 9.10. The van der Waals surface area contributed by atoms with Gasteiger partial charge in [0.1, 0.15) is 4.90 Å². The van der Waals surface area contributed by atoms with Crippen molar-refractivity contribution >= 4 is 37.3 Å². The zero-order valence-electron chi connectivity index (χ0n) is 10.9. The van der Waals surface area contributed by atoms with Crippen molar-refractivity contribution in [3.63, 3.8) is 0 Å². The van der Waals surface area contributed by atoms with Crippen LogP contribution in [0.5, 0.6) is 0 Å². The Hall–Kier alpha value is -1.53. The summed E-state index contributed by atoms with van der Waals surface area (Å²) in [5, 5.41) is 0. The standard InChI is InChI=1S/C14H15BrN2O2S/c1-2-10-4-3-5-12(8-10)17-20(18,19)14-7-6-11(15)9-13(14)16/h3-9,17H,2,16H2,1H3. The molecule has 0 aliphatic carbocycles. The van der Waals surface area contributed by atoms with E-state index in [1.807, 2.05) is 25.1 Å². The summed E-state index contributed by atoms with van der Waals surface area (Å²) in [5.41, 5.74) is 7.57. The van der Waals surface area contributed by atoms with Gasteiger partial charge in [-0.2, -0.15) is 0 Å². The van der Waals surface area contributed by atoms with E-state index in [0.29, 0.717) is 5.69 Å². The molecular weight excluding hydrogens is 340 g/mol. The zero-order chi connectivity index (χ0) is 14.8. The number of halogens is 1. The molecule has 2 rings (SSSR count). The molecule has 0 spiro atoms. The van der Waals surface area contributed by atoms with E-state index in [4.69, 9.17) is 5.73 Å². The van der Waals surface area contributed by atoms with Gasteiger partial charge in [-0.1, -0.05) is 35.0 Å². The zero-order valence-corrected chi connectivity index (χ0v) is 13.3. The Bertz CT molecular complexity index is 730. The Morgan fingerprint density at radius 2 is 1.95 bits per heavy atom.